The molecule has 1 aliphatic rings. The van der Waals surface area contributed by atoms with E-state index in [-0.39, 0.29) is 17.9 Å². The molecule has 1 amide bonds. The fourth-order valence-electron chi connectivity index (χ4n) is 2.29. The van der Waals surface area contributed by atoms with E-state index in [1.807, 2.05) is 18.4 Å². The van der Waals surface area contributed by atoms with E-state index < -0.39 is 5.97 Å². The lowest BCUT2D eigenvalue weighted by Gasteiger charge is -2.10. The Kier molecular flexibility index (Phi) is 4.37. The Morgan fingerprint density at radius 2 is 2.26 bits per heavy atom. The van der Waals surface area contributed by atoms with Gasteiger partial charge in [-0.2, -0.15) is 0 Å². The van der Waals surface area contributed by atoms with Crippen molar-refractivity contribution >= 4 is 29.3 Å². The first-order valence-corrected chi connectivity index (χ1v) is 7.19. The lowest BCUT2D eigenvalue weighted by atomic mass is 10.1. The maximum atomic E-state index is 11.7. The predicted molar refractivity (Wildman–Crippen MR) is 75.0 cm³/mol. The predicted octanol–water partition coefficient (Wildman–Crippen LogP) is 2.44. The number of thiophene rings is 1. The summed E-state index contributed by atoms with van der Waals surface area (Å²) in [6, 6.07) is 2.00. The van der Waals surface area contributed by atoms with Crippen LogP contribution in [0.25, 0.3) is 6.08 Å². The van der Waals surface area contributed by atoms with Crippen LogP contribution in [0.3, 0.4) is 0 Å². The van der Waals surface area contributed by atoms with Crippen molar-refractivity contribution < 1.29 is 14.7 Å². The van der Waals surface area contributed by atoms with Crippen LogP contribution in [0.15, 0.2) is 17.5 Å². The van der Waals surface area contributed by atoms with Gasteiger partial charge in [-0.25, -0.2) is 0 Å². The second-order valence-corrected chi connectivity index (χ2v) is 5.80. The highest BCUT2D eigenvalue weighted by atomic mass is 32.1. The number of carboxylic acid groups (broad SMARTS) is 1. The average molecular weight is 279 g/mol. The molecule has 1 aliphatic carbocycles. The Bertz CT molecular complexity index is 507. The molecule has 1 heterocycles. The summed E-state index contributed by atoms with van der Waals surface area (Å²) in [4.78, 5) is 23.6. The van der Waals surface area contributed by atoms with Gasteiger partial charge in [-0.15, -0.1) is 11.3 Å². The number of carbonyl (C=O) groups is 2. The third-order valence-corrected chi connectivity index (χ3v) is 4.40. The molecular weight excluding hydrogens is 262 g/mol. The summed E-state index contributed by atoms with van der Waals surface area (Å²) >= 11 is 1.59. The second kappa shape index (κ2) is 6.02. The van der Waals surface area contributed by atoms with E-state index in [9.17, 15) is 9.59 Å². The zero-order valence-corrected chi connectivity index (χ0v) is 11.6. The molecule has 2 unspecified atom stereocenters. The molecule has 5 heteroatoms. The SMILES string of the molecule is Cc1ccsc1C=CC(=O)NC1CCC(C(=O)O)C1. The summed E-state index contributed by atoms with van der Waals surface area (Å²) in [6.45, 7) is 2.00. The van der Waals surface area contributed by atoms with Crippen LogP contribution in [0.5, 0.6) is 0 Å². The van der Waals surface area contributed by atoms with E-state index >= 15 is 0 Å². The van der Waals surface area contributed by atoms with Crippen molar-refractivity contribution in [2.24, 2.45) is 5.92 Å². The smallest absolute Gasteiger partial charge is 0.306 e. The molecule has 0 aliphatic heterocycles. The van der Waals surface area contributed by atoms with Gasteiger partial charge >= 0.3 is 5.97 Å². The fourth-order valence-corrected chi connectivity index (χ4v) is 3.11. The molecule has 1 fully saturated rings. The van der Waals surface area contributed by atoms with Crippen LogP contribution in [0.4, 0.5) is 0 Å². The fraction of sp³-hybridized carbons (Fsp3) is 0.429. The second-order valence-electron chi connectivity index (χ2n) is 4.85. The first-order chi connectivity index (χ1) is 9.06. The topological polar surface area (TPSA) is 66.4 Å². The van der Waals surface area contributed by atoms with E-state index in [4.69, 9.17) is 5.11 Å². The van der Waals surface area contributed by atoms with Crippen LogP contribution in [0.2, 0.25) is 0 Å². The van der Waals surface area contributed by atoms with Crippen LogP contribution >= 0.6 is 11.3 Å². The Morgan fingerprint density at radius 3 is 2.84 bits per heavy atom. The molecule has 1 aromatic rings. The number of hydrogen-bond acceptors (Lipinski definition) is 3. The van der Waals surface area contributed by atoms with Crippen LogP contribution < -0.4 is 5.32 Å². The standard InChI is InChI=1S/C14H17NO3S/c1-9-6-7-19-12(9)4-5-13(16)15-11-3-2-10(8-11)14(17)18/h4-7,10-11H,2-3,8H2,1H3,(H,15,16)(H,17,18). The number of nitrogens with one attached hydrogen (secondary N) is 1. The highest BCUT2D eigenvalue weighted by Gasteiger charge is 2.30. The van der Waals surface area contributed by atoms with Crippen LogP contribution in [0, 0.1) is 12.8 Å². The van der Waals surface area contributed by atoms with Crippen molar-refractivity contribution in [1.82, 2.24) is 5.32 Å². The summed E-state index contributed by atoms with van der Waals surface area (Å²) in [7, 11) is 0. The summed E-state index contributed by atoms with van der Waals surface area (Å²) in [5, 5.41) is 13.7. The number of carbonyl (C=O) groups excluding carboxylic acids is 1. The molecule has 2 N–H and O–H groups in total. The molecule has 0 radical (unpaired) electrons. The average Bonchev–Trinajstić information content (AvgIpc) is 2.96. The van der Waals surface area contributed by atoms with Gasteiger partial charge in [0.15, 0.2) is 0 Å². The van der Waals surface area contributed by atoms with Crippen molar-refractivity contribution in [2.45, 2.75) is 32.2 Å². The Labute approximate surface area is 116 Å². The molecule has 0 saturated heterocycles. The number of amides is 1. The van der Waals surface area contributed by atoms with Gasteiger partial charge in [-0.3, -0.25) is 9.59 Å². The highest BCUT2D eigenvalue weighted by molar-refractivity contribution is 7.11. The molecule has 102 valence electrons. The quantitative estimate of drug-likeness (QED) is 0.832. The molecule has 0 aromatic carbocycles. The van der Waals surface area contributed by atoms with Gasteiger partial charge in [0, 0.05) is 17.0 Å². The minimum atomic E-state index is -0.762. The van der Waals surface area contributed by atoms with E-state index in [1.54, 1.807) is 17.4 Å². The molecule has 0 bridgehead atoms. The summed E-state index contributed by atoms with van der Waals surface area (Å²) in [5.74, 6) is -1.22. The number of aliphatic carboxylic acids is 1. The Balaban J connectivity index is 1.84. The minimum absolute atomic E-state index is 0.0114. The van der Waals surface area contributed by atoms with Crippen LogP contribution in [0.1, 0.15) is 29.7 Å². The molecule has 2 atom stereocenters. The van der Waals surface area contributed by atoms with Gasteiger partial charge in [0.25, 0.3) is 0 Å². The van der Waals surface area contributed by atoms with Gasteiger partial charge < -0.3 is 10.4 Å². The zero-order valence-electron chi connectivity index (χ0n) is 10.8. The van der Waals surface area contributed by atoms with Crippen molar-refractivity contribution in [3.05, 3.63) is 28.0 Å². The zero-order chi connectivity index (χ0) is 13.8. The van der Waals surface area contributed by atoms with Crippen LogP contribution in [-0.4, -0.2) is 23.0 Å². The summed E-state index contributed by atoms with van der Waals surface area (Å²) in [5.41, 5.74) is 1.15. The van der Waals surface area contributed by atoms with Crippen molar-refractivity contribution in [2.75, 3.05) is 0 Å². The molecule has 0 spiro atoms. The van der Waals surface area contributed by atoms with Gasteiger partial charge in [0.1, 0.15) is 0 Å². The van der Waals surface area contributed by atoms with E-state index in [1.165, 1.54) is 6.08 Å². The number of aryl methyl sites for hydroxylation is 1. The largest absolute Gasteiger partial charge is 0.481 e. The molecule has 2 rings (SSSR count). The van der Waals surface area contributed by atoms with Crippen molar-refractivity contribution in [3.8, 4) is 0 Å². The first kappa shape index (κ1) is 13.8. The minimum Gasteiger partial charge on any atom is -0.481 e. The molecule has 4 nitrogen and oxygen atoms in total. The number of hydrogen-bond donors (Lipinski definition) is 2. The monoisotopic (exact) mass is 279 g/mol. The number of carboxylic acids is 1. The maximum absolute atomic E-state index is 11.7. The van der Waals surface area contributed by atoms with Crippen LogP contribution in [-0.2, 0) is 9.59 Å². The maximum Gasteiger partial charge on any atom is 0.306 e. The normalized spacial score (nSPS) is 22.8. The molecule has 19 heavy (non-hydrogen) atoms. The first-order valence-electron chi connectivity index (χ1n) is 6.31. The lowest BCUT2D eigenvalue weighted by molar-refractivity contribution is -0.141. The molecule has 1 saturated carbocycles. The lowest BCUT2D eigenvalue weighted by Crippen LogP contribution is -2.31. The van der Waals surface area contributed by atoms with E-state index in [0.29, 0.717) is 12.8 Å². The van der Waals surface area contributed by atoms with Gasteiger partial charge in [-0.05, 0) is 49.3 Å². The Hall–Kier alpha value is -1.62. The van der Waals surface area contributed by atoms with Gasteiger partial charge in [0.2, 0.25) is 5.91 Å². The summed E-state index contributed by atoms with van der Waals surface area (Å²) in [6.07, 6.45) is 5.25. The van der Waals surface area contributed by atoms with E-state index in [2.05, 4.69) is 5.32 Å². The Morgan fingerprint density at radius 1 is 1.47 bits per heavy atom. The van der Waals surface area contributed by atoms with Crippen molar-refractivity contribution in [1.29, 1.82) is 0 Å². The van der Waals surface area contributed by atoms with Gasteiger partial charge in [0.05, 0.1) is 5.92 Å². The third-order valence-electron chi connectivity index (χ3n) is 3.42. The molecule has 1 aromatic heterocycles. The van der Waals surface area contributed by atoms with E-state index in [0.717, 1.165) is 16.9 Å². The van der Waals surface area contributed by atoms with Gasteiger partial charge in [-0.1, -0.05) is 0 Å². The summed E-state index contributed by atoms with van der Waals surface area (Å²) < 4.78 is 0. The van der Waals surface area contributed by atoms with Crippen molar-refractivity contribution in [3.63, 3.8) is 0 Å². The third kappa shape index (κ3) is 3.67. The number of rotatable bonds is 4. The highest BCUT2D eigenvalue weighted by Crippen LogP contribution is 2.25. The molecular formula is C14H17NO3S.